The summed E-state index contributed by atoms with van der Waals surface area (Å²) >= 11 is 5.86. The van der Waals surface area contributed by atoms with Gasteiger partial charge in [-0.25, -0.2) is 8.42 Å². The fourth-order valence-corrected chi connectivity index (χ4v) is 2.51. The van der Waals surface area contributed by atoms with E-state index in [4.69, 9.17) is 17.3 Å². The summed E-state index contributed by atoms with van der Waals surface area (Å²) in [6.45, 7) is 0.0503. The molecule has 1 rings (SSSR count). The van der Waals surface area contributed by atoms with Crippen LogP contribution in [-0.2, 0) is 19.4 Å². The first-order valence-corrected chi connectivity index (χ1v) is 7.58. The predicted octanol–water partition coefficient (Wildman–Crippen LogP) is 0.922. The lowest BCUT2D eigenvalue weighted by Crippen LogP contribution is -2.26. The topological polar surface area (TPSA) is 98.5 Å². The maximum Gasteiger partial charge on any atom is 0.239 e. The first-order valence-electron chi connectivity index (χ1n) is 5.38. The Hall–Kier alpha value is -1.31. The molecule has 106 valence electrons. The molecule has 0 saturated heterocycles. The van der Waals surface area contributed by atoms with Crippen molar-refractivity contribution in [3.05, 3.63) is 23.2 Å². The quantitative estimate of drug-likeness (QED) is 0.762. The average Bonchev–Trinajstić information content (AvgIpc) is 2.30. The summed E-state index contributed by atoms with van der Waals surface area (Å²) in [5.41, 5.74) is 6.26. The van der Waals surface area contributed by atoms with Gasteiger partial charge < -0.3 is 15.8 Å². The number of nitrogens with one attached hydrogen (secondary N) is 1. The van der Waals surface area contributed by atoms with E-state index in [-0.39, 0.29) is 23.1 Å². The number of benzene rings is 1. The van der Waals surface area contributed by atoms with Crippen LogP contribution in [0.3, 0.4) is 0 Å². The maximum absolute atomic E-state index is 11.6. The summed E-state index contributed by atoms with van der Waals surface area (Å²) in [6, 6.07) is 4.56. The van der Waals surface area contributed by atoms with Crippen molar-refractivity contribution >= 4 is 38.7 Å². The number of sulfone groups is 1. The van der Waals surface area contributed by atoms with Crippen molar-refractivity contribution in [3.8, 4) is 0 Å². The van der Waals surface area contributed by atoms with Crippen molar-refractivity contribution in [2.24, 2.45) is 0 Å². The van der Waals surface area contributed by atoms with E-state index in [1.807, 2.05) is 0 Å². The van der Waals surface area contributed by atoms with E-state index >= 15 is 0 Å². The molecule has 1 aromatic carbocycles. The van der Waals surface area contributed by atoms with Gasteiger partial charge in [-0.2, -0.15) is 0 Å². The van der Waals surface area contributed by atoms with Gasteiger partial charge >= 0.3 is 0 Å². The number of nitrogen functional groups attached to an aromatic ring is 1. The van der Waals surface area contributed by atoms with Gasteiger partial charge in [-0.1, -0.05) is 11.6 Å². The molecule has 0 fully saturated rings. The van der Waals surface area contributed by atoms with Crippen molar-refractivity contribution < 1.29 is 17.9 Å². The number of rotatable bonds is 6. The summed E-state index contributed by atoms with van der Waals surface area (Å²) < 4.78 is 27.8. The monoisotopic (exact) mass is 306 g/mol. The molecule has 1 aromatic rings. The smallest absolute Gasteiger partial charge is 0.239 e. The first kappa shape index (κ1) is 15.7. The molecule has 0 aliphatic rings. The fourth-order valence-electron chi connectivity index (χ4n) is 1.31. The molecular formula is C11H15ClN2O4S. The van der Waals surface area contributed by atoms with Crippen LogP contribution in [0.15, 0.2) is 18.2 Å². The molecule has 0 aliphatic heterocycles. The Kier molecular flexibility index (Phi) is 5.59. The Labute approximate surface area is 116 Å². The highest BCUT2D eigenvalue weighted by molar-refractivity contribution is 7.92. The highest BCUT2D eigenvalue weighted by Gasteiger charge is 2.17. The maximum atomic E-state index is 11.6. The molecule has 0 aliphatic carbocycles. The molecule has 1 amide bonds. The molecule has 3 N–H and O–H groups in total. The number of hydrogen-bond acceptors (Lipinski definition) is 5. The van der Waals surface area contributed by atoms with Gasteiger partial charge in [0.1, 0.15) is 5.75 Å². The molecule has 8 heteroatoms. The molecule has 0 aromatic heterocycles. The minimum absolute atomic E-state index is 0.0503. The molecule has 0 radical (unpaired) electrons. The van der Waals surface area contributed by atoms with Gasteiger partial charge in [0.2, 0.25) is 5.91 Å². The van der Waals surface area contributed by atoms with Crippen molar-refractivity contribution in [2.45, 2.75) is 0 Å². The summed E-state index contributed by atoms with van der Waals surface area (Å²) in [6.07, 6.45) is 0. The number of halogens is 1. The van der Waals surface area contributed by atoms with Crippen molar-refractivity contribution in [1.29, 1.82) is 0 Å². The highest BCUT2D eigenvalue weighted by atomic mass is 35.5. The second-order valence-corrected chi connectivity index (χ2v) is 6.46. The number of carbonyl (C=O) groups excluding carboxylic acids is 1. The minimum atomic E-state index is -3.50. The summed E-state index contributed by atoms with van der Waals surface area (Å²) in [5.74, 6) is -1.49. The van der Waals surface area contributed by atoms with Crippen LogP contribution in [0.1, 0.15) is 0 Å². The molecule has 0 atom stereocenters. The van der Waals surface area contributed by atoms with Gasteiger partial charge in [0.05, 0.1) is 23.1 Å². The average molecular weight is 307 g/mol. The molecule has 0 heterocycles. The van der Waals surface area contributed by atoms with Crippen molar-refractivity contribution in [2.75, 3.05) is 36.3 Å². The Morgan fingerprint density at radius 1 is 1.47 bits per heavy atom. The second kappa shape index (κ2) is 6.74. The fraction of sp³-hybridized carbons (Fsp3) is 0.364. The zero-order chi connectivity index (χ0) is 14.5. The molecular weight excluding hydrogens is 292 g/mol. The van der Waals surface area contributed by atoms with Crippen LogP contribution in [0.2, 0.25) is 5.02 Å². The Morgan fingerprint density at radius 2 is 2.16 bits per heavy atom. The first-order chi connectivity index (χ1) is 8.84. The number of anilines is 2. The highest BCUT2D eigenvalue weighted by Crippen LogP contribution is 2.23. The molecule has 0 saturated carbocycles. The van der Waals surface area contributed by atoms with Crippen LogP contribution < -0.4 is 11.1 Å². The van der Waals surface area contributed by atoms with E-state index in [0.717, 1.165) is 0 Å². The Bertz CT molecular complexity index is 560. The van der Waals surface area contributed by atoms with Crippen LogP contribution in [0, 0.1) is 0 Å². The summed E-state index contributed by atoms with van der Waals surface area (Å²) in [4.78, 5) is 11.6. The molecule has 0 unspecified atom stereocenters. The SMILES string of the molecule is COCCS(=O)(=O)CC(=O)Nc1cc(N)ccc1Cl. The number of hydrogen-bond donors (Lipinski definition) is 2. The summed E-state index contributed by atoms with van der Waals surface area (Å²) in [7, 11) is -2.11. The Balaban J connectivity index is 2.68. The third-order valence-corrected chi connectivity index (χ3v) is 4.03. The van der Waals surface area contributed by atoms with Gasteiger partial charge in [-0.15, -0.1) is 0 Å². The lowest BCUT2D eigenvalue weighted by Gasteiger charge is -2.08. The summed E-state index contributed by atoms with van der Waals surface area (Å²) in [5, 5.41) is 2.70. The normalized spacial score (nSPS) is 11.3. The second-order valence-electron chi connectivity index (χ2n) is 3.87. The third kappa shape index (κ3) is 5.46. The van der Waals surface area contributed by atoms with E-state index in [1.54, 1.807) is 6.07 Å². The van der Waals surface area contributed by atoms with Gasteiger partial charge in [0.15, 0.2) is 9.84 Å². The molecule has 6 nitrogen and oxygen atoms in total. The van der Waals surface area contributed by atoms with Crippen molar-refractivity contribution in [3.63, 3.8) is 0 Å². The minimum Gasteiger partial charge on any atom is -0.399 e. The number of nitrogens with two attached hydrogens (primary N) is 1. The van der Waals surface area contributed by atoms with Crippen LogP contribution in [0.4, 0.5) is 11.4 Å². The lowest BCUT2D eigenvalue weighted by atomic mass is 10.3. The standard InChI is InChI=1S/C11H15ClN2O4S/c1-18-4-5-19(16,17)7-11(15)14-10-6-8(13)2-3-9(10)12/h2-3,6H,4-5,7,13H2,1H3,(H,14,15). The number of ether oxygens (including phenoxy) is 1. The number of amides is 1. The zero-order valence-corrected chi connectivity index (χ0v) is 11.9. The molecule has 19 heavy (non-hydrogen) atoms. The Morgan fingerprint density at radius 3 is 2.79 bits per heavy atom. The predicted molar refractivity (Wildman–Crippen MR) is 75.0 cm³/mol. The van der Waals surface area contributed by atoms with E-state index < -0.39 is 21.5 Å². The molecule has 0 spiro atoms. The van der Waals surface area contributed by atoms with Gasteiger partial charge in [-0.05, 0) is 18.2 Å². The zero-order valence-electron chi connectivity index (χ0n) is 10.3. The van der Waals surface area contributed by atoms with Crippen LogP contribution in [-0.4, -0.2) is 39.5 Å². The van der Waals surface area contributed by atoms with E-state index in [1.165, 1.54) is 19.2 Å². The van der Waals surface area contributed by atoms with Gasteiger partial charge in [0.25, 0.3) is 0 Å². The van der Waals surface area contributed by atoms with Gasteiger partial charge in [0, 0.05) is 12.8 Å². The third-order valence-electron chi connectivity index (χ3n) is 2.21. The van der Waals surface area contributed by atoms with Crippen molar-refractivity contribution in [1.82, 2.24) is 0 Å². The van der Waals surface area contributed by atoms with E-state index in [2.05, 4.69) is 10.1 Å². The largest absolute Gasteiger partial charge is 0.399 e. The van der Waals surface area contributed by atoms with Crippen LogP contribution >= 0.6 is 11.6 Å². The molecule has 0 bridgehead atoms. The number of carbonyl (C=O) groups is 1. The number of methoxy groups -OCH3 is 1. The van der Waals surface area contributed by atoms with E-state index in [0.29, 0.717) is 5.69 Å². The van der Waals surface area contributed by atoms with Gasteiger partial charge in [-0.3, -0.25) is 4.79 Å². The lowest BCUT2D eigenvalue weighted by molar-refractivity contribution is -0.113. The van der Waals surface area contributed by atoms with E-state index in [9.17, 15) is 13.2 Å². The van der Waals surface area contributed by atoms with Crippen LogP contribution in [0.25, 0.3) is 0 Å². The van der Waals surface area contributed by atoms with Crippen LogP contribution in [0.5, 0.6) is 0 Å².